The smallest absolute Gasteiger partial charge is 0.166 e. The first-order chi connectivity index (χ1) is 8.81. The van der Waals surface area contributed by atoms with Crippen LogP contribution >= 0.6 is 12.2 Å². The maximum Gasteiger partial charge on any atom is 0.166 e. The lowest BCUT2D eigenvalue weighted by molar-refractivity contribution is 0.145. The molecular formula is C14H24N2OS. The zero-order chi connectivity index (χ0) is 12.5. The molecule has 0 aromatic rings. The third kappa shape index (κ3) is 2.37. The van der Waals surface area contributed by atoms with Gasteiger partial charge < -0.3 is 15.4 Å². The predicted octanol–water partition coefficient (Wildman–Crippen LogP) is 1.92. The second-order valence-corrected chi connectivity index (χ2v) is 6.37. The Kier molecular flexibility index (Phi) is 3.76. The van der Waals surface area contributed by atoms with Crippen molar-refractivity contribution in [3.05, 3.63) is 0 Å². The first-order valence-corrected chi connectivity index (χ1v) is 7.84. The molecule has 4 heteroatoms. The molecule has 0 radical (unpaired) electrons. The van der Waals surface area contributed by atoms with Crippen molar-refractivity contribution in [2.75, 3.05) is 19.8 Å². The van der Waals surface area contributed by atoms with Crippen molar-refractivity contribution in [1.82, 2.24) is 10.6 Å². The Balaban J connectivity index is 1.31. The van der Waals surface area contributed by atoms with E-state index in [4.69, 9.17) is 17.0 Å². The Labute approximate surface area is 115 Å². The van der Waals surface area contributed by atoms with Crippen LogP contribution in [0, 0.1) is 23.7 Å². The Hall–Kier alpha value is -0.350. The highest BCUT2D eigenvalue weighted by atomic mass is 32.1. The highest BCUT2D eigenvalue weighted by Crippen LogP contribution is 2.65. The van der Waals surface area contributed by atoms with Crippen LogP contribution in [0.15, 0.2) is 0 Å². The topological polar surface area (TPSA) is 33.3 Å². The van der Waals surface area contributed by atoms with E-state index in [1.165, 1.54) is 19.3 Å². The molecule has 2 N–H and O–H groups in total. The van der Waals surface area contributed by atoms with Crippen LogP contribution in [0.5, 0.6) is 0 Å². The number of rotatable bonds is 6. The second kappa shape index (κ2) is 5.33. The van der Waals surface area contributed by atoms with Crippen molar-refractivity contribution in [2.24, 2.45) is 23.7 Å². The van der Waals surface area contributed by atoms with Crippen LogP contribution in [0.4, 0.5) is 0 Å². The van der Waals surface area contributed by atoms with Gasteiger partial charge in [0.15, 0.2) is 5.11 Å². The van der Waals surface area contributed by atoms with Crippen molar-refractivity contribution in [3.63, 3.8) is 0 Å². The molecular weight excluding hydrogens is 244 g/mol. The standard InChI is InChI=1S/C14H24N2OS/c1-2-17-7-3-6-15-14(18)16-13-11-9-4-5-10(8-9)12(11)13/h9-13H,2-8H2,1H3,(H2,15,16,18). The number of thiocarbonyl (C=S) groups is 1. The fourth-order valence-corrected chi connectivity index (χ4v) is 4.48. The summed E-state index contributed by atoms with van der Waals surface area (Å²) in [7, 11) is 0. The van der Waals surface area contributed by atoms with Gasteiger partial charge in [-0.2, -0.15) is 0 Å². The van der Waals surface area contributed by atoms with Gasteiger partial charge in [-0.05, 0) is 68.5 Å². The van der Waals surface area contributed by atoms with Gasteiger partial charge in [0.1, 0.15) is 0 Å². The minimum Gasteiger partial charge on any atom is -0.382 e. The lowest BCUT2D eigenvalue weighted by Crippen LogP contribution is -2.39. The number of ether oxygens (including phenoxy) is 1. The molecule has 0 aromatic heterocycles. The first kappa shape index (κ1) is 12.7. The molecule has 4 atom stereocenters. The SMILES string of the molecule is CCOCCCNC(=S)NC1C2C3CCC(C3)C12. The van der Waals surface area contributed by atoms with E-state index in [9.17, 15) is 0 Å². The summed E-state index contributed by atoms with van der Waals surface area (Å²) in [5, 5.41) is 7.67. The molecule has 18 heavy (non-hydrogen) atoms. The second-order valence-electron chi connectivity index (χ2n) is 5.96. The van der Waals surface area contributed by atoms with Crippen LogP contribution in [0.3, 0.4) is 0 Å². The van der Waals surface area contributed by atoms with Gasteiger partial charge in [-0.15, -0.1) is 0 Å². The normalized spacial score (nSPS) is 39.5. The van der Waals surface area contributed by atoms with E-state index in [1.807, 2.05) is 6.92 Å². The molecule has 0 aliphatic heterocycles. The highest BCUT2D eigenvalue weighted by molar-refractivity contribution is 7.80. The van der Waals surface area contributed by atoms with E-state index in [0.717, 1.165) is 55.0 Å². The van der Waals surface area contributed by atoms with Gasteiger partial charge >= 0.3 is 0 Å². The van der Waals surface area contributed by atoms with E-state index in [1.54, 1.807) is 0 Å². The van der Waals surface area contributed by atoms with Crippen molar-refractivity contribution < 1.29 is 4.74 Å². The van der Waals surface area contributed by atoms with E-state index in [0.29, 0.717) is 6.04 Å². The molecule has 3 saturated carbocycles. The van der Waals surface area contributed by atoms with Crippen LogP contribution in [0.1, 0.15) is 32.6 Å². The minimum absolute atomic E-state index is 0.697. The van der Waals surface area contributed by atoms with Crippen LogP contribution in [-0.2, 0) is 4.74 Å². The van der Waals surface area contributed by atoms with Crippen molar-refractivity contribution in [3.8, 4) is 0 Å². The summed E-state index contributed by atoms with van der Waals surface area (Å²) in [6.07, 6.45) is 5.47. The molecule has 2 bridgehead atoms. The van der Waals surface area contributed by atoms with Crippen molar-refractivity contribution in [2.45, 2.75) is 38.6 Å². The summed E-state index contributed by atoms with van der Waals surface area (Å²) in [6.45, 7) is 4.57. The first-order valence-electron chi connectivity index (χ1n) is 7.43. The third-order valence-corrected chi connectivity index (χ3v) is 5.25. The molecule has 3 rings (SSSR count). The van der Waals surface area contributed by atoms with Gasteiger partial charge in [-0.1, -0.05) is 0 Å². The molecule has 0 aromatic carbocycles. The molecule has 0 heterocycles. The number of hydrogen-bond acceptors (Lipinski definition) is 2. The fourth-order valence-electron chi connectivity index (χ4n) is 4.24. The summed E-state index contributed by atoms with van der Waals surface area (Å²) in [5.41, 5.74) is 0. The summed E-state index contributed by atoms with van der Waals surface area (Å²) in [4.78, 5) is 0. The van der Waals surface area contributed by atoms with Gasteiger partial charge in [-0.25, -0.2) is 0 Å². The zero-order valence-electron chi connectivity index (χ0n) is 11.2. The van der Waals surface area contributed by atoms with Gasteiger partial charge in [0.05, 0.1) is 0 Å². The highest BCUT2D eigenvalue weighted by Gasteiger charge is 2.65. The lowest BCUT2D eigenvalue weighted by Gasteiger charge is -2.14. The van der Waals surface area contributed by atoms with Crippen LogP contribution in [0.25, 0.3) is 0 Å². The molecule has 0 amide bonds. The Morgan fingerprint density at radius 2 is 2.00 bits per heavy atom. The quantitative estimate of drug-likeness (QED) is 0.569. The molecule has 3 aliphatic rings. The molecule has 0 saturated heterocycles. The maximum atomic E-state index is 5.36. The van der Waals surface area contributed by atoms with E-state index < -0.39 is 0 Å². The van der Waals surface area contributed by atoms with Crippen LogP contribution < -0.4 is 10.6 Å². The fraction of sp³-hybridized carbons (Fsp3) is 0.929. The Bertz CT molecular complexity index is 307. The number of fused-ring (bicyclic) bond motifs is 5. The van der Waals surface area contributed by atoms with Gasteiger partial charge in [0, 0.05) is 25.8 Å². The lowest BCUT2D eigenvalue weighted by atomic mass is 10.0. The molecule has 3 fully saturated rings. The average molecular weight is 268 g/mol. The summed E-state index contributed by atoms with van der Waals surface area (Å²) in [6, 6.07) is 0.697. The van der Waals surface area contributed by atoms with E-state index in [-0.39, 0.29) is 0 Å². The van der Waals surface area contributed by atoms with Crippen molar-refractivity contribution >= 4 is 17.3 Å². The van der Waals surface area contributed by atoms with Gasteiger partial charge in [0.2, 0.25) is 0 Å². The predicted molar refractivity (Wildman–Crippen MR) is 76.4 cm³/mol. The Morgan fingerprint density at radius 1 is 1.28 bits per heavy atom. The molecule has 0 spiro atoms. The maximum absolute atomic E-state index is 5.36. The summed E-state index contributed by atoms with van der Waals surface area (Å²) in [5.74, 6) is 3.93. The van der Waals surface area contributed by atoms with Gasteiger partial charge in [0.25, 0.3) is 0 Å². The number of nitrogens with one attached hydrogen (secondary N) is 2. The van der Waals surface area contributed by atoms with E-state index in [2.05, 4.69) is 10.6 Å². The van der Waals surface area contributed by atoms with E-state index >= 15 is 0 Å². The summed E-state index contributed by atoms with van der Waals surface area (Å²) >= 11 is 5.36. The van der Waals surface area contributed by atoms with Crippen LogP contribution in [-0.4, -0.2) is 30.9 Å². The Morgan fingerprint density at radius 3 is 2.67 bits per heavy atom. The number of hydrogen-bond donors (Lipinski definition) is 2. The molecule has 3 aliphatic carbocycles. The monoisotopic (exact) mass is 268 g/mol. The molecule has 3 nitrogen and oxygen atoms in total. The third-order valence-electron chi connectivity index (χ3n) is 4.99. The molecule has 102 valence electrons. The minimum atomic E-state index is 0.697. The van der Waals surface area contributed by atoms with Gasteiger partial charge in [-0.3, -0.25) is 0 Å². The summed E-state index contributed by atoms with van der Waals surface area (Å²) < 4.78 is 5.30. The van der Waals surface area contributed by atoms with Crippen molar-refractivity contribution in [1.29, 1.82) is 0 Å². The average Bonchev–Trinajstić information content (AvgIpc) is 2.76. The van der Waals surface area contributed by atoms with Crippen LogP contribution in [0.2, 0.25) is 0 Å². The largest absolute Gasteiger partial charge is 0.382 e. The zero-order valence-corrected chi connectivity index (χ0v) is 12.0. The molecule has 4 unspecified atom stereocenters.